The Kier molecular flexibility index (Phi) is 3.20. The molecule has 0 aliphatic rings. The fourth-order valence-corrected chi connectivity index (χ4v) is 1.83. The van der Waals surface area contributed by atoms with E-state index < -0.39 is 5.91 Å². The molecule has 0 fully saturated rings. The van der Waals surface area contributed by atoms with Crippen molar-refractivity contribution in [3.8, 4) is 5.88 Å². The van der Waals surface area contributed by atoms with E-state index >= 15 is 0 Å². The molecule has 0 saturated carbocycles. The molecule has 1 amide bonds. The molecule has 0 saturated heterocycles. The fourth-order valence-electron chi connectivity index (χ4n) is 1.14. The van der Waals surface area contributed by atoms with E-state index in [4.69, 9.17) is 10.5 Å². The molecule has 0 bridgehead atoms. The van der Waals surface area contributed by atoms with Gasteiger partial charge in [0.25, 0.3) is 5.91 Å². The molecule has 0 aliphatic carbocycles. The molecular weight excluding hydrogens is 240 g/mol. The van der Waals surface area contributed by atoms with Crippen LogP contribution in [0.4, 0.5) is 10.8 Å². The van der Waals surface area contributed by atoms with Crippen molar-refractivity contribution in [2.75, 3.05) is 12.4 Å². The molecule has 7 heteroatoms. The van der Waals surface area contributed by atoms with Crippen LogP contribution in [0.15, 0.2) is 24.5 Å². The Labute approximate surface area is 101 Å². The third-order valence-corrected chi connectivity index (χ3v) is 2.87. The molecule has 2 aromatic heterocycles. The van der Waals surface area contributed by atoms with Gasteiger partial charge < -0.3 is 15.8 Å². The highest BCUT2D eigenvalue weighted by Crippen LogP contribution is 2.22. The Balaban J connectivity index is 2.11. The number of thiazole rings is 1. The van der Waals surface area contributed by atoms with Gasteiger partial charge in [0.1, 0.15) is 4.88 Å². The highest BCUT2D eigenvalue weighted by atomic mass is 32.1. The monoisotopic (exact) mass is 250 g/mol. The minimum atomic E-state index is -0.483. The Morgan fingerprint density at radius 1 is 1.41 bits per heavy atom. The summed E-state index contributed by atoms with van der Waals surface area (Å²) in [7, 11) is 1.55. The van der Waals surface area contributed by atoms with Crippen molar-refractivity contribution in [2.24, 2.45) is 5.73 Å². The number of nitrogens with two attached hydrogens (primary N) is 1. The van der Waals surface area contributed by atoms with Crippen LogP contribution >= 0.6 is 11.3 Å². The zero-order valence-corrected chi connectivity index (χ0v) is 9.82. The molecule has 2 rings (SSSR count). The quantitative estimate of drug-likeness (QED) is 0.855. The van der Waals surface area contributed by atoms with E-state index in [-0.39, 0.29) is 0 Å². The van der Waals surface area contributed by atoms with E-state index in [0.717, 1.165) is 5.69 Å². The smallest absolute Gasteiger partial charge is 0.260 e. The number of methoxy groups -OCH3 is 1. The first kappa shape index (κ1) is 11.3. The van der Waals surface area contributed by atoms with Gasteiger partial charge in [-0.3, -0.25) is 4.79 Å². The minimum Gasteiger partial charge on any atom is -0.481 e. The number of nitrogens with one attached hydrogen (secondary N) is 1. The standard InChI is InChI=1S/C10H10N4O2S/c1-16-8-3-2-6(4-12-8)14-10-13-5-7(17-10)9(11)15/h2-5H,1H3,(H2,11,15)(H,13,14). The van der Waals surface area contributed by atoms with Crippen molar-refractivity contribution in [3.05, 3.63) is 29.4 Å². The number of aromatic nitrogens is 2. The number of hydrogen-bond acceptors (Lipinski definition) is 6. The zero-order chi connectivity index (χ0) is 12.3. The Hall–Kier alpha value is -2.15. The lowest BCUT2D eigenvalue weighted by Crippen LogP contribution is -2.08. The maximum atomic E-state index is 10.9. The van der Waals surface area contributed by atoms with Gasteiger partial charge in [-0.1, -0.05) is 11.3 Å². The van der Waals surface area contributed by atoms with Crippen LogP contribution in [0.5, 0.6) is 5.88 Å². The van der Waals surface area contributed by atoms with Gasteiger partial charge in [0.15, 0.2) is 5.13 Å². The molecule has 0 spiro atoms. The minimum absolute atomic E-state index is 0.411. The second kappa shape index (κ2) is 4.79. The van der Waals surface area contributed by atoms with Crippen LogP contribution in [0.3, 0.4) is 0 Å². The molecule has 0 atom stereocenters. The summed E-state index contributed by atoms with van der Waals surface area (Å²) in [6.45, 7) is 0. The summed E-state index contributed by atoms with van der Waals surface area (Å²) in [6, 6.07) is 3.53. The van der Waals surface area contributed by atoms with E-state index in [1.165, 1.54) is 17.5 Å². The normalized spacial score (nSPS) is 9.94. The molecule has 0 aliphatic heterocycles. The third kappa shape index (κ3) is 2.70. The van der Waals surface area contributed by atoms with Gasteiger partial charge in [0, 0.05) is 6.07 Å². The number of primary amides is 1. The lowest BCUT2D eigenvalue weighted by molar-refractivity contribution is 0.100. The van der Waals surface area contributed by atoms with Gasteiger partial charge in [-0.05, 0) is 6.07 Å². The summed E-state index contributed by atoms with van der Waals surface area (Å²) < 4.78 is 4.94. The van der Waals surface area contributed by atoms with Gasteiger partial charge in [-0.25, -0.2) is 9.97 Å². The Bertz CT molecular complexity index is 523. The summed E-state index contributed by atoms with van der Waals surface area (Å²) in [5.41, 5.74) is 5.89. The second-order valence-corrected chi connectivity index (χ2v) is 4.14. The number of hydrogen-bond donors (Lipinski definition) is 2. The van der Waals surface area contributed by atoms with Gasteiger partial charge in [-0.2, -0.15) is 0 Å². The van der Waals surface area contributed by atoms with Crippen molar-refractivity contribution >= 4 is 28.1 Å². The van der Waals surface area contributed by atoms with Crippen molar-refractivity contribution in [2.45, 2.75) is 0 Å². The molecule has 3 N–H and O–H groups in total. The first-order chi connectivity index (χ1) is 8.19. The summed E-state index contributed by atoms with van der Waals surface area (Å²) in [4.78, 5) is 19.4. The number of anilines is 2. The van der Waals surface area contributed by atoms with E-state index in [1.54, 1.807) is 25.4 Å². The van der Waals surface area contributed by atoms with Crippen LogP contribution in [0, 0.1) is 0 Å². The molecule has 0 unspecified atom stereocenters. The molecule has 88 valence electrons. The molecule has 17 heavy (non-hydrogen) atoms. The highest BCUT2D eigenvalue weighted by molar-refractivity contribution is 7.17. The van der Waals surface area contributed by atoms with E-state index in [2.05, 4.69) is 15.3 Å². The molecule has 6 nitrogen and oxygen atoms in total. The summed E-state index contributed by atoms with van der Waals surface area (Å²) in [6.07, 6.45) is 3.05. The summed E-state index contributed by atoms with van der Waals surface area (Å²) >= 11 is 1.19. The van der Waals surface area contributed by atoms with Crippen LogP contribution in [-0.2, 0) is 0 Å². The van der Waals surface area contributed by atoms with Gasteiger partial charge >= 0.3 is 0 Å². The van der Waals surface area contributed by atoms with Crippen LogP contribution in [0.1, 0.15) is 9.67 Å². The van der Waals surface area contributed by atoms with Crippen molar-refractivity contribution in [1.29, 1.82) is 0 Å². The molecule has 2 aromatic rings. The van der Waals surface area contributed by atoms with Crippen molar-refractivity contribution in [3.63, 3.8) is 0 Å². The van der Waals surface area contributed by atoms with Crippen LogP contribution < -0.4 is 15.8 Å². The molecule has 0 aromatic carbocycles. The number of rotatable bonds is 4. The Morgan fingerprint density at radius 3 is 2.76 bits per heavy atom. The van der Waals surface area contributed by atoms with E-state index in [1.807, 2.05) is 0 Å². The maximum Gasteiger partial charge on any atom is 0.260 e. The van der Waals surface area contributed by atoms with Gasteiger partial charge in [0.05, 0.1) is 25.2 Å². The summed E-state index contributed by atoms with van der Waals surface area (Å²) in [5.74, 6) is 0.0518. The first-order valence-electron chi connectivity index (χ1n) is 4.72. The third-order valence-electron chi connectivity index (χ3n) is 1.95. The van der Waals surface area contributed by atoms with E-state index in [9.17, 15) is 4.79 Å². The highest BCUT2D eigenvalue weighted by Gasteiger charge is 2.06. The predicted octanol–water partition coefficient (Wildman–Crippen LogP) is 1.39. The SMILES string of the molecule is COc1ccc(Nc2ncc(C(N)=O)s2)cn1. The largest absolute Gasteiger partial charge is 0.481 e. The van der Waals surface area contributed by atoms with E-state index in [0.29, 0.717) is 15.9 Å². The van der Waals surface area contributed by atoms with Crippen LogP contribution in [0.25, 0.3) is 0 Å². The molecular formula is C10H10N4O2S. The second-order valence-electron chi connectivity index (χ2n) is 3.11. The number of nitrogens with zero attached hydrogens (tertiary/aromatic N) is 2. The lowest BCUT2D eigenvalue weighted by atomic mass is 10.4. The molecule has 2 heterocycles. The predicted molar refractivity (Wildman–Crippen MR) is 64.7 cm³/mol. The summed E-state index contributed by atoms with van der Waals surface area (Å²) in [5, 5.41) is 3.60. The van der Waals surface area contributed by atoms with Crippen molar-refractivity contribution in [1.82, 2.24) is 9.97 Å². The number of amides is 1. The van der Waals surface area contributed by atoms with Gasteiger partial charge in [0.2, 0.25) is 5.88 Å². The first-order valence-corrected chi connectivity index (χ1v) is 5.53. The van der Waals surface area contributed by atoms with Crippen molar-refractivity contribution < 1.29 is 9.53 Å². The lowest BCUT2D eigenvalue weighted by Gasteiger charge is -2.02. The fraction of sp³-hybridized carbons (Fsp3) is 0.100. The van der Waals surface area contributed by atoms with Crippen LogP contribution in [0.2, 0.25) is 0 Å². The average Bonchev–Trinajstić information content (AvgIpc) is 2.79. The number of carbonyl (C=O) groups is 1. The van der Waals surface area contributed by atoms with Gasteiger partial charge in [-0.15, -0.1) is 0 Å². The average molecular weight is 250 g/mol. The maximum absolute atomic E-state index is 10.9. The topological polar surface area (TPSA) is 90.1 Å². The van der Waals surface area contributed by atoms with Crippen LogP contribution in [-0.4, -0.2) is 23.0 Å². The Morgan fingerprint density at radius 2 is 2.24 bits per heavy atom. The number of pyridine rings is 1. The number of carbonyl (C=O) groups excluding carboxylic acids is 1. The zero-order valence-electron chi connectivity index (χ0n) is 9.01. The number of ether oxygens (including phenoxy) is 1. The molecule has 0 radical (unpaired) electrons.